The molecular weight excluding hydrogens is 412 g/mol. The van der Waals surface area contributed by atoms with Crippen LogP contribution in [0.25, 0.3) is 10.9 Å². The Kier molecular flexibility index (Phi) is 7.93. The predicted molar refractivity (Wildman–Crippen MR) is 122 cm³/mol. The molecule has 0 spiro atoms. The maximum Gasteiger partial charge on any atom is 0.418 e. The Labute approximate surface area is 188 Å². The van der Waals surface area contributed by atoms with E-state index < -0.39 is 29.8 Å². The molecule has 0 bridgehead atoms. The summed E-state index contributed by atoms with van der Waals surface area (Å²) in [5.74, 6) is -0.903. The van der Waals surface area contributed by atoms with E-state index in [9.17, 15) is 19.5 Å². The van der Waals surface area contributed by atoms with Gasteiger partial charge in [0.1, 0.15) is 17.7 Å². The van der Waals surface area contributed by atoms with Crippen LogP contribution in [0.15, 0.2) is 30.5 Å². The lowest BCUT2D eigenvalue weighted by atomic mass is 9.96. The molecule has 1 aromatic heterocycles. The number of nitrogens with one attached hydrogen (secondary N) is 1. The molecule has 32 heavy (non-hydrogen) atoms. The average molecular weight is 447 g/mol. The number of aliphatic carboxylic acids is 1. The lowest BCUT2D eigenvalue weighted by Crippen LogP contribution is -2.44. The molecule has 0 aliphatic rings. The number of carbonyl (C=O) groups is 3. The Morgan fingerprint density at radius 2 is 1.66 bits per heavy atom. The van der Waals surface area contributed by atoms with Crippen LogP contribution in [0.5, 0.6) is 0 Å². The van der Waals surface area contributed by atoms with Gasteiger partial charge in [-0.05, 0) is 44.2 Å². The minimum atomic E-state index is -1.22. The molecule has 0 fully saturated rings. The van der Waals surface area contributed by atoms with E-state index >= 15 is 0 Å². The van der Waals surface area contributed by atoms with Crippen molar-refractivity contribution in [1.82, 2.24) is 9.88 Å². The summed E-state index contributed by atoms with van der Waals surface area (Å²) < 4.78 is 12.4. The Balaban J connectivity index is 2.33. The number of benzene rings is 1. The van der Waals surface area contributed by atoms with E-state index in [1.54, 1.807) is 39.1 Å². The zero-order valence-electron chi connectivity index (χ0n) is 19.8. The second-order valence-corrected chi connectivity index (χ2v) is 9.62. The molecule has 2 N–H and O–H groups in total. The third-order valence-corrected chi connectivity index (χ3v) is 4.96. The Morgan fingerprint density at radius 3 is 2.19 bits per heavy atom. The maximum absolute atomic E-state index is 13.0. The van der Waals surface area contributed by atoms with Crippen molar-refractivity contribution in [1.29, 1.82) is 0 Å². The van der Waals surface area contributed by atoms with Crippen molar-refractivity contribution in [3.05, 3.63) is 36.0 Å². The third-order valence-electron chi connectivity index (χ3n) is 4.96. The molecule has 0 unspecified atom stereocenters. The number of nitrogens with zero attached hydrogens (tertiary/aromatic N) is 1. The predicted octanol–water partition coefficient (Wildman–Crippen LogP) is 4.83. The molecule has 1 amide bonds. The molecule has 1 heterocycles. The fraction of sp³-hybridized carbons (Fsp3) is 0.542. The van der Waals surface area contributed by atoms with Gasteiger partial charge in [0.25, 0.3) is 0 Å². The van der Waals surface area contributed by atoms with E-state index in [1.165, 1.54) is 4.57 Å². The van der Waals surface area contributed by atoms with Gasteiger partial charge in [-0.1, -0.05) is 45.9 Å². The molecule has 1 aromatic carbocycles. The lowest BCUT2D eigenvalue weighted by Gasteiger charge is -2.25. The molecular formula is C24H34N2O6. The molecule has 0 aliphatic carbocycles. The van der Waals surface area contributed by atoms with Crippen molar-refractivity contribution in [2.75, 3.05) is 0 Å². The van der Waals surface area contributed by atoms with E-state index in [0.29, 0.717) is 16.5 Å². The number of amides is 1. The topological polar surface area (TPSA) is 107 Å². The number of ether oxygens (including phenoxy) is 2. The van der Waals surface area contributed by atoms with E-state index in [4.69, 9.17) is 9.47 Å². The van der Waals surface area contributed by atoms with Crippen molar-refractivity contribution in [3.8, 4) is 0 Å². The van der Waals surface area contributed by atoms with Gasteiger partial charge in [-0.25, -0.2) is 14.4 Å². The van der Waals surface area contributed by atoms with Gasteiger partial charge in [0, 0.05) is 18.0 Å². The SMILES string of the molecule is CC(C)C(OC(=O)n1cc(C[C@H](NC(=O)OC(C)(C)C)C(=O)O)c2ccccc21)C(C)C. The van der Waals surface area contributed by atoms with Gasteiger partial charge in [-0.3, -0.25) is 4.57 Å². The molecule has 2 aromatic rings. The van der Waals surface area contributed by atoms with Gasteiger partial charge in [-0.2, -0.15) is 0 Å². The van der Waals surface area contributed by atoms with Gasteiger partial charge >= 0.3 is 18.2 Å². The second-order valence-electron chi connectivity index (χ2n) is 9.62. The van der Waals surface area contributed by atoms with Crippen LogP contribution in [-0.4, -0.2) is 45.6 Å². The molecule has 8 nitrogen and oxygen atoms in total. The minimum absolute atomic E-state index is 0.0207. The smallest absolute Gasteiger partial charge is 0.418 e. The van der Waals surface area contributed by atoms with Crippen molar-refractivity contribution in [2.45, 2.75) is 72.6 Å². The van der Waals surface area contributed by atoms with Crippen molar-refractivity contribution in [2.24, 2.45) is 11.8 Å². The van der Waals surface area contributed by atoms with Crippen molar-refractivity contribution in [3.63, 3.8) is 0 Å². The summed E-state index contributed by atoms with van der Waals surface area (Å²) in [4.78, 5) is 36.9. The minimum Gasteiger partial charge on any atom is -0.480 e. The van der Waals surface area contributed by atoms with E-state index in [1.807, 2.05) is 39.8 Å². The average Bonchev–Trinajstić information content (AvgIpc) is 3.02. The summed E-state index contributed by atoms with van der Waals surface area (Å²) in [6.07, 6.45) is -0.0331. The van der Waals surface area contributed by atoms with Crippen LogP contribution in [0.2, 0.25) is 0 Å². The Bertz CT molecular complexity index is 963. The van der Waals surface area contributed by atoms with E-state index in [2.05, 4.69) is 5.32 Å². The molecule has 8 heteroatoms. The van der Waals surface area contributed by atoms with Crippen LogP contribution >= 0.6 is 0 Å². The first-order valence-corrected chi connectivity index (χ1v) is 10.8. The van der Waals surface area contributed by atoms with Crippen LogP contribution in [-0.2, 0) is 20.7 Å². The van der Waals surface area contributed by atoms with Gasteiger partial charge in [-0.15, -0.1) is 0 Å². The number of hydrogen-bond donors (Lipinski definition) is 2. The first-order valence-electron chi connectivity index (χ1n) is 10.8. The number of carboxylic acid groups (broad SMARTS) is 1. The number of carbonyl (C=O) groups excluding carboxylic acids is 2. The highest BCUT2D eigenvalue weighted by atomic mass is 16.6. The number of rotatable bonds is 7. The summed E-state index contributed by atoms with van der Waals surface area (Å²) in [7, 11) is 0. The number of carboxylic acids is 1. The summed E-state index contributed by atoms with van der Waals surface area (Å²) >= 11 is 0. The molecule has 1 atom stereocenters. The van der Waals surface area contributed by atoms with Crippen molar-refractivity contribution < 1.29 is 29.0 Å². The van der Waals surface area contributed by atoms with Gasteiger partial charge < -0.3 is 19.9 Å². The van der Waals surface area contributed by atoms with Gasteiger partial charge in [0.15, 0.2) is 0 Å². The summed E-state index contributed by atoms with van der Waals surface area (Å²) in [5.41, 5.74) is 0.461. The second kappa shape index (κ2) is 10.1. The Hall–Kier alpha value is -3.03. The highest BCUT2D eigenvalue weighted by molar-refractivity contribution is 5.92. The van der Waals surface area contributed by atoms with Gasteiger partial charge in [0.2, 0.25) is 0 Å². The molecule has 0 aliphatic heterocycles. The number of hydrogen-bond acceptors (Lipinski definition) is 5. The zero-order valence-corrected chi connectivity index (χ0v) is 19.8. The quantitative estimate of drug-likeness (QED) is 0.631. The first kappa shape index (κ1) is 25.2. The first-order chi connectivity index (χ1) is 14.8. The summed E-state index contributed by atoms with van der Waals surface area (Å²) in [6.45, 7) is 13.1. The number of fused-ring (bicyclic) bond motifs is 1. The third kappa shape index (κ3) is 6.48. The largest absolute Gasteiger partial charge is 0.480 e. The van der Waals surface area contributed by atoms with Crippen LogP contribution < -0.4 is 5.32 Å². The van der Waals surface area contributed by atoms with Gasteiger partial charge in [0.05, 0.1) is 5.52 Å². The monoisotopic (exact) mass is 446 g/mol. The van der Waals surface area contributed by atoms with E-state index in [0.717, 1.165) is 0 Å². The van der Waals surface area contributed by atoms with Crippen LogP contribution in [0, 0.1) is 11.8 Å². The zero-order chi connectivity index (χ0) is 24.2. The van der Waals surface area contributed by atoms with Crippen LogP contribution in [0.3, 0.4) is 0 Å². The molecule has 176 valence electrons. The molecule has 0 saturated heterocycles. The number of para-hydroxylation sites is 1. The Morgan fingerprint density at radius 1 is 1.06 bits per heavy atom. The summed E-state index contributed by atoms with van der Waals surface area (Å²) in [5, 5.41) is 12.8. The maximum atomic E-state index is 13.0. The highest BCUT2D eigenvalue weighted by Crippen LogP contribution is 2.25. The van der Waals surface area contributed by atoms with Crippen molar-refractivity contribution >= 4 is 29.1 Å². The number of aromatic nitrogens is 1. The molecule has 2 rings (SSSR count). The molecule has 0 saturated carbocycles. The highest BCUT2D eigenvalue weighted by Gasteiger charge is 2.27. The fourth-order valence-electron chi connectivity index (χ4n) is 3.65. The van der Waals surface area contributed by atoms with E-state index in [-0.39, 0.29) is 24.4 Å². The summed E-state index contributed by atoms with van der Waals surface area (Å²) in [6, 6.07) is 5.97. The molecule has 0 radical (unpaired) electrons. The van der Waals surface area contributed by atoms with Crippen LogP contribution in [0.4, 0.5) is 9.59 Å². The lowest BCUT2D eigenvalue weighted by molar-refractivity contribution is -0.139. The van der Waals surface area contributed by atoms with Crippen LogP contribution in [0.1, 0.15) is 54.0 Å². The fourth-order valence-corrected chi connectivity index (χ4v) is 3.65. The number of alkyl carbamates (subject to hydrolysis) is 1. The standard InChI is InChI=1S/C24H34N2O6/c1-14(2)20(15(3)4)31-23(30)26-13-16(17-10-8-9-11-19(17)26)12-18(21(27)28)25-22(29)32-24(5,6)7/h8-11,13-15,18,20H,12H2,1-7H3,(H,25,29)(H,27,28)/t18-/m0/s1. The normalized spacial score (nSPS) is 12.9.